The fraction of sp³-hybridized carbons (Fsp3) is 0.643. The molecule has 0 aromatic carbocycles. The molecule has 0 aromatic heterocycles. The lowest BCUT2D eigenvalue weighted by molar-refractivity contribution is -0.135. The van der Waals surface area contributed by atoms with Gasteiger partial charge in [0.15, 0.2) is 0 Å². The lowest BCUT2D eigenvalue weighted by Gasteiger charge is -2.08. The number of rotatable bonds is 7. The molecule has 90 valence electrons. The number of cyclic esters (lactones) is 1. The van der Waals surface area contributed by atoms with Crippen molar-refractivity contribution in [1.29, 1.82) is 0 Å². The molecular formula is C14H22O2. The van der Waals surface area contributed by atoms with Crippen LogP contribution in [-0.4, -0.2) is 5.97 Å². The van der Waals surface area contributed by atoms with Gasteiger partial charge in [0.1, 0.15) is 5.76 Å². The summed E-state index contributed by atoms with van der Waals surface area (Å²) in [5, 5.41) is 0. The van der Waals surface area contributed by atoms with Crippen molar-refractivity contribution in [3.63, 3.8) is 0 Å². The Hall–Kier alpha value is -1.05. The maximum absolute atomic E-state index is 11.1. The van der Waals surface area contributed by atoms with Crippen molar-refractivity contribution in [2.24, 2.45) is 0 Å². The van der Waals surface area contributed by atoms with Crippen molar-refractivity contribution >= 4 is 5.97 Å². The van der Waals surface area contributed by atoms with E-state index in [4.69, 9.17) is 4.74 Å². The quantitative estimate of drug-likeness (QED) is 0.368. The zero-order chi connectivity index (χ0) is 11.8. The molecule has 16 heavy (non-hydrogen) atoms. The molecule has 0 saturated carbocycles. The van der Waals surface area contributed by atoms with Crippen LogP contribution < -0.4 is 0 Å². The van der Waals surface area contributed by atoms with Crippen LogP contribution in [0.4, 0.5) is 0 Å². The highest BCUT2D eigenvalue weighted by Gasteiger charge is 2.20. The first-order chi connectivity index (χ1) is 7.77. The molecule has 1 aliphatic rings. The minimum absolute atomic E-state index is 0.0786. The average Bonchev–Trinajstić information content (AvgIpc) is 2.69. The van der Waals surface area contributed by atoms with Crippen molar-refractivity contribution < 1.29 is 9.53 Å². The van der Waals surface area contributed by atoms with Crippen LogP contribution in [-0.2, 0) is 9.53 Å². The highest BCUT2D eigenvalue weighted by Crippen LogP contribution is 2.27. The first-order valence-corrected chi connectivity index (χ1v) is 6.30. The largest absolute Gasteiger partial charge is 0.431 e. The first kappa shape index (κ1) is 13.0. The van der Waals surface area contributed by atoms with Crippen molar-refractivity contribution in [3.05, 3.63) is 24.0 Å². The minimum atomic E-state index is -0.0786. The molecule has 1 saturated heterocycles. The predicted octanol–water partition coefficient (Wildman–Crippen LogP) is 4.12. The van der Waals surface area contributed by atoms with Gasteiger partial charge in [-0.05, 0) is 24.8 Å². The average molecular weight is 222 g/mol. The number of allylic oxidation sites excluding steroid dienone is 3. The third-order valence-electron chi connectivity index (χ3n) is 2.91. The molecule has 0 bridgehead atoms. The summed E-state index contributed by atoms with van der Waals surface area (Å²) in [6.45, 7) is 5.97. The van der Waals surface area contributed by atoms with E-state index in [1.54, 1.807) is 0 Å². The number of carbonyl (C=O) groups excluding carboxylic acids is 1. The number of ether oxygens (including phenoxy) is 1. The molecule has 1 heterocycles. The summed E-state index contributed by atoms with van der Waals surface area (Å²) < 4.78 is 5.23. The Morgan fingerprint density at radius 2 is 2.19 bits per heavy atom. The van der Waals surface area contributed by atoms with Gasteiger partial charge in [0.05, 0.1) is 6.42 Å². The second-order valence-corrected chi connectivity index (χ2v) is 4.30. The van der Waals surface area contributed by atoms with Gasteiger partial charge in [0.25, 0.3) is 0 Å². The van der Waals surface area contributed by atoms with E-state index in [0.717, 1.165) is 25.0 Å². The molecule has 2 nitrogen and oxygen atoms in total. The third kappa shape index (κ3) is 4.21. The molecule has 0 aromatic rings. The van der Waals surface area contributed by atoms with Crippen LogP contribution in [0.25, 0.3) is 0 Å². The number of carbonyl (C=O) groups is 1. The smallest absolute Gasteiger partial charge is 0.311 e. The van der Waals surface area contributed by atoms with E-state index >= 15 is 0 Å². The second-order valence-electron chi connectivity index (χ2n) is 4.30. The SMILES string of the molecule is C=CC/C(CCCCCC)=C1\CCC(=O)O1. The van der Waals surface area contributed by atoms with E-state index in [-0.39, 0.29) is 5.97 Å². The maximum Gasteiger partial charge on any atom is 0.311 e. The minimum Gasteiger partial charge on any atom is -0.431 e. The summed E-state index contributed by atoms with van der Waals surface area (Å²) in [6, 6.07) is 0. The van der Waals surface area contributed by atoms with E-state index in [1.807, 2.05) is 6.08 Å². The Labute approximate surface area is 98.4 Å². The third-order valence-corrected chi connectivity index (χ3v) is 2.91. The van der Waals surface area contributed by atoms with Crippen molar-refractivity contribution in [3.8, 4) is 0 Å². The molecule has 1 rings (SSSR count). The maximum atomic E-state index is 11.1. The van der Waals surface area contributed by atoms with Crippen LogP contribution in [0.1, 0.15) is 58.3 Å². The molecule has 1 fully saturated rings. The Kier molecular flexibility index (Phi) is 5.91. The summed E-state index contributed by atoms with van der Waals surface area (Å²) in [4.78, 5) is 11.1. The molecule has 0 unspecified atom stereocenters. The number of unbranched alkanes of at least 4 members (excludes halogenated alkanes) is 3. The Morgan fingerprint density at radius 3 is 2.75 bits per heavy atom. The van der Waals surface area contributed by atoms with Gasteiger partial charge in [0.2, 0.25) is 0 Å². The zero-order valence-electron chi connectivity index (χ0n) is 10.3. The van der Waals surface area contributed by atoms with E-state index in [2.05, 4.69) is 13.5 Å². The summed E-state index contributed by atoms with van der Waals surface area (Å²) in [7, 11) is 0. The predicted molar refractivity (Wildman–Crippen MR) is 65.9 cm³/mol. The van der Waals surface area contributed by atoms with Crippen molar-refractivity contribution in [2.45, 2.75) is 58.3 Å². The summed E-state index contributed by atoms with van der Waals surface area (Å²) in [5.74, 6) is 0.839. The number of hydrogen-bond donors (Lipinski definition) is 0. The molecule has 0 radical (unpaired) electrons. The molecule has 0 N–H and O–H groups in total. The van der Waals surface area contributed by atoms with Gasteiger partial charge >= 0.3 is 5.97 Å². The van der Waals surface area contributed by atoms with Crippen LogP contribution in [0.2, 0.25) is 0 Å². The van der Waals surface area contributed by atoms with E-state index < -0.39 is 0 Å². The van der Waals surface area contributed by atoms with Gasteiger partial charge in [-0.2, -0.15) is 0 Å². The molecule has 0 atom stereocenters. The van der Waals surface area contributed by atoms with E-state index in [1.165, 1.54) is 31.3 Å². The first-order valence-electron chi connectivity index (χ1n) is 6.30. The topological polar surface area (TPSA) is 26.3 Å². The molecule has 2 heteroatoms. The van der Waals surface area contributed by atoms with Crippen LogP contribution in [0.5, 0.6) is 0 Å². The normalized spacial score (nSPS) is 18.4. The molecule has 0 aliphatic carbocycles. The van der Waals surface area contributed by atoms with Gasteiger partial charge in [-0.1, -0.05) is 32.3 Å². The molecular weight excluding hydrogens is 200 g/mol. The van der Waals surface area contributed by atoms with Gasteiger partial charge in [-0.15, -0.1) is 6.58 Å². The summed E-state index contributed by atoms with van der Waals surface area (Å²) in [5.41, 5.74) is 1.27. The highest BCUT2D eigenvalue weighted by molar-refractivity contribution is 5.73. The molecule has 1 aliphatic heterocycles. The van der Waals surface area contributed by atoms with Gasteiger partial charge in [-0.3, -0.25) is 4.79 Å². The Morgan fingerprint density at radius 1 is 1.38 bits per heavy atom. The molecule has 0 amide bonds. The Balaban J connectivity index is 2.46. The fourth-order valence-corrected chi connectivity index (χ4v) is 2.00. The summed E-state index contributed by atoms with van der Waals surface area (Å²) >= 11 is 0. The molecule has 0 spiro atoms. The van der Waals surface area contributed by atoms with Crippen LogP contribution >= 0.6 is 0 Å². The lowest BCUT2D eigenvalue weighted by atomic mass is 10.0. The van der Waals surface area contributed by atoms with Crippen LogP contribution in [0.3, 0.4) is 0 Å². The van der Waals surface area contributed by atoms with Gasteiger partial charge < -0.3 is 4.74 Å². The number of esters is 1. The van der Waals surface area contributed by atoms with E-state index in [0.29, 0.717) is 6.42 Å². The van der Waals surface area contributed by atoms with Gasteiger partial charge in [0, 0.05) is 6.42 Å². The van der Waals surface area contributed by atoms with Crippen molar-refractivity contribution in [2.75, 3.05) is 0 Å². The zero-order valence-corrected chi connectivity index (χ0v) is 10.3. The lowest BCUT2D eigenvalue weighted by Crippen LogP contribution is -1.94. The van der Waals surface area contributed by atoms with Crippen molar-refractivity contribution in [1.82, 2.24) is 0 Å². The highest BCUT2D eigenvalue weighted by atomic mass is 16.5. The fourth-order valence-electron chi connectivity index (χ4n) is 2.00. The van der Waals surface area contributed by atoms with Crippen LogP contribution in [0.15, 0.2) is 24.0 Å². The monoisotopic (exact) mass is 222 g/mol. The van der Waals surface area contributed by atoms with E-state index in [9.17, 15) is 4.79 Å². The Bertz CT molecular complexity index is 276. The standard InChI is InChI=1S/C14H22O2/c1-3-5-6-7-9-12(8-4-2)13-10-11-14(15)16-13/h4H,2-3,5-11H2,1H3/b13-12-. The van der Waals surface area contributed by atoms with Gasteiger partial charge in [-0.25, -0.2) is 0 Å². The summed E-state index contributed by atoms with van der Waals surface area (Å²) in [6.07, 6.45) is 10.1. The number of hydrogen-bond acceptors (Lipinski definition) is 2. The second kappa shape index (κ2) is 7.26. The van der Waals surface area contributed by atoms with Crippen LogP contribution in [0, 0.1) is 0 Å².